The normalized spacial score (nSPS) is 13.2. The minimum absolute atomic E-state index is 0.172. The number of ether oxygens (including phenoxy) is 2. The van der Waals surface area contributed by atoms with Crippen LogP contribution < -0.4 is 21.1 Å². The van der Waals surface area contributed by atoms with Crippen molar-refractivity contribution >= 4 is 30.2 Å². The van der Waals surface area contributed by atoms with Crippen molar-refractivity contribution in [2.45, 2.75) is 31.5 Å². The molecule has 0 saturated carbocycles. The number of amides is 1. The second kappa shape index (κ2) is 13.5. The monoisotopic (exact) mass is 508 g/mol. The zero-order valence-electron chi connectivity index (χ0n) is 20.4. The molecule has 0 radical (unpaired) electrons. The fourth-order valence-electron chi connectivity index (χ4n) is 3.44. The number of carbonyl (C=O) groups excluding carboxylic acids is 2. The Balaban J connectivity index is 1.78. The van der Waals surface area contributed by atoms with Gasteiger partial charge in [0.2, 0.25) is 5.88 Å². The van der Waals surface area contributed by atoms with E-state index in [0.717, 1.165) is 11.1 Å². The minimum atomic E-state index is -0.939. The molecule has 190 valence electrons. The van der Waals surface area contributed by atoms with Crippen LogP contribution in [0.2, 0.25) is 0 Å². The Kier molecular flexibility index (Phi) is 10.1. The number of hydrogen-bond acceptors (Lipinski definition) is 8. The molecule has 1 unspecified atom stereocenters. The zero-order valence-corrected chi connectivity index (χ0v) is 21.3. The van der Waals surface area contributed by atoms with Gasteiger partial charge in [-0.1, -0.05) is 60.7 Å². The lowest BCUT2D eigenvalue weighted by molar-refractivity contribution is -0.145. The predicted molar refractivity (Wildman–Crippen MR) is 144 cm³/mol. The van der Waals surface area contributed by atoms with Crippen molar-refractivity contribution < 1.29 is 19.1 Å². The summed E-state index contributed by atoms with van der Waals surface area (Å²) in [5.74, 6) is -0.241. The third-order valence-corrected chi connectivity index (χ3v) is 5.93. The Labute approximate surface area is 217 Å². The number of nitrogens with zero attached hydrogens (tertiary/aromatic N) is 1. The van der Waals surface area contributed by atoms with E-state index in [1.54, 1.807) is 6.92 Å². The summed E-state index contributed by atoms with van der Waals surface area (Å²) in [5.41, 5.74) is 9.09. The number of pyridine rings is 1. The quantitative estimate of drug-likeness (QED) is 0.220. The van der Waals surface area contributed by atoms with E-state index in [4.69, 9.17) is 15.2 Å². The van der Waals surface area contributed by atoms with Gasteiger partial charge >= 0.3 is 5.97 Å². The first kappa shape index (κ1) is 27.0. The van der Waals surface area contributed by atoms with Gasteiger partial charge in [-0.25, -0.2) is 9.78 Å². The highest BCUT2D eigenvalue weighted by atomic mass is 32.1. The predicted octanol–water partition coefficient (Wildman–Crippen LogP) is 3.09. The highest BCUT2D eigenvalue weighted by Gasteiger charge is 2.26. The van der Waals surface area contributed by atoms with Crippen LogP contribution in [0.25, 0.3) is 11.3 Å². The van der Waals surface area contributed by atoms with Crippen molar-refractivity contribution in [1.82, 2.24) is 10.3 Å². The van der Waals surface area contributed by atoms with E-state index >= 15 is 0 Å². The second-order valence-electron chi connectivity index (χ2n) is 8.27. The molecule has 3 rings (SSSR count). The van der Waals surface area contributed by atoms with E-state index in [9.17, 15) is 9.59 Å². The highest BCUT2D eigenvalue weighted by molar-refractivity contribution is 7.80. The van der Waals surface area contributed by atoms with Gasteiger partial charge in [0.25, 0.3) is 5.91 Å². The SMILES string of the molecule is COC(=O)[C@H](Cc1ccccc1)NC(=O)[C@H](C)Oc1nc(-c2ccccc2)ccc1NCC(N)CS. The number of thiol groups is 1. The van der Waals surface area contributed by atoms with Crippen molar-refractivity contribution in [1.29, 1.82) is 0 Å². The van der Waals surface area contributed by atoms with Gasteiger partial charge in [0.15, 0.2) is 6.10 Å². The average Bonchev–Trinajstić information content (AvgIpc) is 2.92. The number of rotatable bonds is 12. The van der Waals surface area contributed by atoms with E-state index in [1.807, 2.05) is 72.8 Å². The van der Waals surface area contributed by atoms with Crippen LogP contribution in [0.15, 0.2) is 72.8 Å². The van der Waals surface area contributed by atoms with Gasteiger partial charge in [-0.15, -0.1) is 0 Å². The maximum absolute atomic E-state index is 13.0. The molecular formula is C27H32N4O4S. The Morgan fingerprint density at radius 3 is 2.33 bits per heavy atom. The molecule has 3 atom stereocenters. The fraction of sp³-hybridized carbons (Fsp3) is 0.296. The number of nitrogens with two attached hydrogens (primary N) is 1. The molecule has 0 spiro atoms. The fourth-order valence-corrected chi connectivity index (χ4v) is 3.56. The first-order valence-electron chi connectivity index (χ1n) is 11.7. The molecule has 8 nitrogen and oxygen atoms in total. The topological polar surface area (TPSA) is 116 Å². The van der Waals surface area contributed by atoms with Gasteiger partial charge in [0.05, 0.1) is 18.5 Å². The van der Waals surface area contributed by atoms with Crippen molar-refractivity contribution in [2.75, 3.05) is 24.7 Å². The van der Waals surface area contributed by atoms with Crippen LogP contribution in [0.4, 0.5) is 5.69 Å². The average molecular weight is 509 g/mol. The van der Waals surface area contributed by atoms with Gasteiger partial charge in [-0.2, -0.15) is 12.6 Å². The summed E-state index contributed by atoms with van der Waals surface area (Å²) in [6, 6.07) is 21.7. The van der Waals surface area contributed by atoms with Gasteiger partial charge in [0.1, 0.15) is 6.04 Å². The van der Waals surface area contributed by atoms with Crippen LogP contribution in [0.1, 0.15) is 12.5 Å². The summed E-state index contributed by atoms with van der Waals surface area (Å²) < 4.78 is 10.9. The Morgan fingerprint density at radius 2 is 1.69 bits per heavy atom. The first-order chi connectivity index (χ1) is 17.4. The van der Waals surface area contributed by atoms with Crippen molar-refractivity contribution in [3.8, 4) is 17.1 Å². The van der Waals surface area contributed by atoms with Crippen LogP contribution in [-0.4, -0.2) is 54.5 Å². The van der Waals surface area contributed by atoms with Crippen LogP contribution in [0, 0.1) is 0 Å². The molecule has 0 saturated heterocycles. The third kappa shape index (κ3) is 7.73. The van der Waals surface area contributed by atoms with Gasteiger partial charge in [0, 0.05) is 30.3 Å². The standard InChI is InChI=1S/C27H32N4O4S/c1-18(25(32)30-24(27(33)34-2)15-19-9-5-3-6-10-19)35-26-23(29-16-21(28)17-36)14-13-22(31-26)20-11-7-4-8-12-20/h3-14,18,21,24,29,36H,15-17,28H2,1-2H3,(H,30,32)/t18-,21?,24-/m0/s1. The van der Waals surface area contributed by atoms with Crippen molar-refractivity contribution in [2.24, 2.45) is 5.73 Å². The highest BCUT2D eigenvalue weighted by Crippen LogP contribution is 2.28. The summed E-state index contributed by atoms with van der Waals surface area (Å²) in [4.78, 5) is 30.0. The summed E-state index contributed by atoms with van der Waals surface area (Å²) in [7, 11) is 1.29. The summed E-state index contributed by atoms with van der Waals surface area (Å²) in [6.07, 6.45) is -0.646. The van der Waals surface area contributed by atoms with Crippen LogP contribution in [0.5, 0.6) is 5.88 Å². The number of benzene rings is 2. The number of aromatic nitrogens is 1. The molecule has 9 heteroatoms. The van der Waals surface area contributed by atoms with Gasteiger partial charge in [-0.05, 0) is 24.6 Å². The maximum Gasteiger partial charge on any atom is 0.328 e. The molecule has 0 aliphatic carbocycles. The van der Waals surface area contributed by atoms with E-state index in [1.165, 1.54) is 7.11 Å². The largest absolute Gasteiger partial charge is 0.467 e. The van der Waals surface area contributed by atoms with Gasteiger partial charge < -0.3 is 25.8 Å². The second-order valence-corrected chi connectivity index (χ2v) is 8.64. The summed E-state index contributed by atoms with van der Waals surface area (Å²) >= 11 is 4.22. The van der Waals surface area contributed by atoms with Crippen LogP contribution >= 0.6 is 12.6 Å². The molecule has 0 aliphatic heterocycles. The van der Waals surface area contributed by atoms with Crippen molar-refractivity contribution in [3.05, 3.63) is 78.4 Å². The van der Waals surface area contributed by atoms with Crippen LogP contribution in [0.3, 0.4) is 0 Å². The maximum atomic E-state index is 13.0. The lowest BCUT2D eigenvalue weighted by Crippen LogP contribution is -2.47. The van der Waals surface area contributed by atoms with Gasteiger partial charge in [-0.3, -0.25) is 4.79 Å². The number of esters is 1. The summed E-state index contributed by atoms with van der Waals surface area (Å²) in [6.45, 7) is 2.06. The lowest BCUT2D eigenvalue weighted by Gasteiger charge is -2.21. The molecule has 2 aromatic carbocycles. The Hall–Kier alpha value is -3.56. The molecule has 0 aliphatic rings. The molecule has 36 heavy (non-hydrogen) atoms. The lowest BCUT2D eigenvalue weighted by atomic mass is 10.1. The number of methoxy groups -OCH3 is 1. The molecule has 1 amide bonds. The van der Waals surface area contributed by atoms with Crippen LogP contribution in [-0.2, 0) is 20.7 Å². The summed E-state index contributed by atoms with van der Waals surface area (Å²) in [5, 5.41) is 5.97. The minimum Gasteiger partial charge on any atom is -0.467 e. The van der Waals surface area contributed by atoms with E-state index < -0.39 is 24.0 Å². The molecular weight excluding hydrogens is 476 g/mol. The Bertz CT molecular complexity index is 1130. The smallest absolute Gasteiger partial charge is 0.328 e. The molecule has 1 aromatic heterocycles. The number of hydrogen-bond donors (Lipinski definition) is 4. The molecule has 1 heterocycles. The molecule has 4 N–H and O–H groups in total. The first-order valence-corrected chi connectivity index (χ1v) is 12.3. The number of anilines is 1. The van der Waals surface area contributed by atoms with Crippen molar-refractivity contribution in [3.63, 3.8) is 0 Å². The van der Waals surface area contributed by atoms with E-state index in [2.05, 4.69) is 28.2 Å². The zero-order chi connectivity index (χ0) is 25.9. The Morgan fingerprint density at radius 1 is 1.03 bits per heavy atom. The number of carbonyl (C=O) groups is 2. The number of nitrogens with one attached hydrogen (secondary N) is 2. The van der Waals surface area contributed by atoms with E-state index in [-0.39, 0.29) is 11.9 Å². The van der Waals surface area contributed by atoms with E-state index in [0.29, 0.717) is 30.1 Å². The molecule has 0 bridgehead atoms. The third-order valence-electron chi connectivity index (χ3n) is 5.46. The molecule has 3 aromatic rings. The molecule has 0 fully saturated rings.